The van der Waals surface area contributed by atoms with Gasteiger partial charge in [-0.05, 0) is 37.8 Å². The maximum Gasteiger partial charge on any atom is 0.257 e. The van der Waals surface area contributed by atoms with E-state index in [9.17, 15) is 13.6 Å². The van der Waals surface area contributed by atoms with Crippen molar-refractivity contribution >= 4 is 21.8 Å². The van der Waals surface area contributed by atoms with Gasteiger partial charge in [0, 0.05) is 23.7 Å². The van der Waals surface area contributed by atoms with Gasteiger partial charge in [-0.1, -0.05) is 15.9 Å². The summed E-state index contributed by atoms with van der Waals surface area (Å²) >= 11 is 2.98. The molecule has 0 spiro atoms. The third-order valence-electron chi connectivity index (χ3n) is 3.57. The van der Waals surface area contributed by atoms with E-state index in [0.717, 1.165) is 25.0 Å². The molecule has 0 radical (unpaired) electrons. The fourth-order valence-corrected chi connectivity index (χ4v) is 2.77. The first-order valence-electron chi connectivity index (χ1n) is 6.52. The summed E-state index contributed by atoms with van der Waals surface area (Å²) in [4.78, 5) is 12.0. The molecule has 110 valence electrons. The highest BCUT2D eigenvalue weighted by Gasteiger charge is 2.25. The standard InChI is InChI=1S/C14H16BrF2NO2/c1-8(9-2-4-20-5-3-9)18-14(19)13-11(16)6-10(15)7-12(13)17/h6-9H,2-5H2,1H3,(H,18,19). The van der Waals surface area contributed by atoms with Crippen molar-refractivity contribution in [2.75, 3.05) is 13.2 Å². The molecule has 1 unspecified atom stereocenters. The second-order valence-corrected chi connectivity index (χ2v) is 5.87. The van der Waals surface area contributed by atoms with E-state index in [4.69, 9.17) is 4.74 Å². The Kier molecular flexibility index (Phi) is 5.10. The number of halogens is 3. The Morgan fingerprint density at radius 2 is 1.90 bits per heavy atom. The Morgan fingerprint density at radius 3 is 2.45 bits per heavy atom. The van der Waals surface area contributed by atoms with E-state index in [-0.39, 0.29) is 16.4 Å². The largest absolute Gasteiger partial charge is 0.381 e. The van der Waals surface area contributed by atoms with Gasteiger partial charge in [-0.2, -0.15) is 0 Å². The van der Waals surface area contributed by atoms with Crippen molar-refractivity contribution in [2.45, 2.75) is 25.8 Å². The summed E-state index contributed by atoms with van der Waals surface area (Å²) in [7, 11) is 0. The minimum Gasteiger partial charge on any atom is -0.381 e. The number of amides is 1. The summed E-state index contributed by atoms with van der Waals surface area (Å²) in [6.07, 6.45) is 1.68. The van der Waals surface area contributed by atoms with Gasteiger partial charge in [0.2, 0.25) is 0 Å². The fourth-order valence-electron chi connectivity index (χ4n) is 2.37. The summed E-state index contributed by atoms with van der Waals surface area (Å²) in [5, 5.41) is 2.68. The lowest BCUT2D eigenvalue weighted by molar-refractivity contribution is 0.0537. The van der Waals surface area contributed by atoms with Crippen LogP contribution in [0.3, 0.4) is 0 Å². The molecule has 1 N–H and O–H groups in total. The van der Waals surface area contributed by atoms with Gasteiger partial charge in [-0.15, -0.1) is 0 Å². The highest BCUT2D eigenvalue weighted by Crippen LogP contribution is 2.22. The van der Waals surface area contributed by atoms with Gasteiger partial charge >= 0.3 is 0 Å². The molecule has 1 fully saturated rings. The number of ether oxygens (including phenoxy) is 1. The van der Waals surface area contributed by atoms with Crippen LogP contribution in [0, 0.1) is 17.6 Å². The van der Waals surface area contributed by atoms with Gasteiger partial charge in [-0.3, -0.25) is 4.79 Å². The minimum atomic E-state index is -0.867. The molecule has 20 heavy (non-hydrogen) atoms. The zero-order chi connectivity index (χ0) is 14.7. The first-order valence-corrected chi connectivity index (χ1v) is 7.31. The van der Waals surface area contributed by atoms with Gasteiger partial charge in [0.1, 0.15) is 17.2 Å². The SMILES string of the molecule is CC(NC(=O)c1c(F)cc(Br)cc1F)C1CCOCC1. The van der Waals surface area contributed by atoms with Gasteiger partial charge in [0.15, 0.2) is 0 Å². The summed E-state index contributed by atoms with van der Waals surface area (Å²) in [5.74, 6) is -2.18. The topological polar surface area (TPSA) is 38.3 Å². The molecular formula is C14H16BrF2NO2. The molecule has 1 aromatic carbocycles. The third kappa shape index (κ3) is 3.55. The Labute approximate surface area is 124 Å². The summed E-state index contributed by atoms with van der Waals surface area (Å²) < 4.78 is 32.9. The molecule has 1 aliphatic rings. The van der Waals surface area contributed by atoms with E-state index in [0.29, 0.717) is 13.2 Å². The normalized spacial score (nSPS) is 17.8. The van der Waals surface area contributed by atoms with Crippen LogP contribution in [-0.4, -0.2) is 25.2 Å². The fraction of sp³-hybridized carbons (Fsp3) is 0.500. The molecule has 0 aromatic heterocycles. The molecule has 3 nitrogen and oxygen atoms in total. The Bertz CT molecular complexity index is 481. The second kappa shape index (κ2) is 6.63. The van der Waals surface area contributed by atoms with Crippen LogP contribution in [0.15, 0.2) is 16.6 Å². The van der Waals surface area contributed by atoms with Crippen LogP contribution in [0.25, 0.3) is 0 Å². The average Bonchev–Trinajstić information content (AvgIpc) is 2.38. The molecule has 2 rings (SSSR count). The van der Waals surface area contributed by atoms with Gasteiger partial charge in [-0.25, -0.2) is 8.78 Å². The van der Waals surface area contributed by atoms with Crippen LogP contribution in [0.4, 0.5) is 8.78 Å². The summed E-state index contributed by atoms with van der Waals surface area (Å²) in [6, 6.07) is 2.02. The molecule has 0 saturated carbocycles. The highest BCUT2D eigenvalue weighted by molar-refractivity contribution is 9.10. The molecule has 1 aliphatic heterocycles. The number of hydrogen-bond acceptors (Lipinski definition) is 2. The highest BCUT2D eigenvalue weighted by atomic mass is 79.9. The second-order valence-electron chi connectivity index (χ2n) is 4.96. The zero-order valence-electron chi connectivity index (χ0n) is 11.1. The lowest BCUT2D eigenvalue weighted by Gasteiger charge is -2.28. The monoisotopic (exact) mass is 347 g/mol. The van der Waals surface area contributed by atoms with Gasteiger partial charge in [0.25, 0.3) is 5.91 Å². The van der Waals surface area contributed by atoms with Crippen molar-refractivity contribution in [2.24, 2.45) is 5.92 Å². The van der Waals surface area contributed by atoms with Gasteiger partial charge < -0.3 is 10.1 Å². The van der Waals surface area contributed by atoms with E-state index in [1.54, 1.807) is 0 Å². The Hall–Kier alpha value is -1.01. The zero-order valence-corrected chi connectivity index (χ0v) is 12.7. The molecule has 1 atom stereocenters. The number of nitrogens with one attached hydrogen (secondary N) is 1. The third-order valence-corrected chi connectivity index (χ3v) is 4.02. The van der Waals surface area contributed by atoms with Crippen molar-refractivity contribution in [3.8, 4) is 0 Å². The van der Waals surface area contributed by atoms with E-state index in [1.807, 2.05) is 6.92 Å². The number of hydrogen-bond donors (Lipinski definition) is 1. The number of carbonyl (C=O) groups excluding carboxylic acids is 1. The van der Waals surface area contributed by atoms with Crippen LogP contribution in [0.2, 0.25) is 0 Å². The maximum absolute atomic E-state index is 13.7. The molecule has 1 amide bonds. The number of rotatable bonds is 3. The van der Waals surface area contributed by atoms with Crippen molar-refractivity contribution in [1.82, 2.24) is 5.32 Å². The molecule has 1 saturated heterocycles. The van der Waals surface area contributed by atoms with E-state index < -0.39 is 23.1 Å². The average molecular weight is 348 g/mol. The Morgan fingerprint density at radius 1 is 1.35 bits per heavy atom. The lowest BCUT2D eigenvalue weighted by Crippen LogP contribution is -2.40. The van der Waals surface area contributed by atoms with E-state index in [1.165, 1.54) is 0 Å². The first kappa shape index (κ1) is 15.4. The van der Waals surface area contributed by atoms with Crippen LogP contribution in [0.5, 0.6) is 0 Å². The van der Waals surface area contributed by atoms with Crippen LogP contribution < -0.4 is 5.32 Å². The van der Waals surface area contributed by atoms with E-state index in [2.05, 4.69) is 21.2 Å². The lowest BCUT2D eigenvalue weighted by atomic mass is 9.92. The quantitative estimate of drug-likeness (QED) is 0.911. The maximum atomic E-state index is 13.7. The van der Waals surface area contributed by atoms with Crippen molar-refractivity contribution in [3.63, 3.8) is 0 Å². The minimum absolute atomic E-state index is 0.145. The molecule has 0 bridgehead atoms. The first-order chi connectivity index (χ1) is 9.49. The van der Waals surface area contributed by atoms with Crippen molar-refractivity contribution < 1.29 is 18.3 Å². The van der Waals surface area contributed by atoms with Crippen LogP contribution >= 0.6 is 15.9 Å². The Balaban J connectivity index is 2.08. The predicted octanol–water partition coefficient (Wildman–Crippen LogP) is 3.27. The van der Waals surface area contributed by atoms with Crippen LogP contribution in [-0.2, 0) is 4.74 Å². The molecule has 1 heterocycles. The van der Waals surface area contributed by atoms with Crippen molar-refractivity contribution in [1.29, 1.82) is 0 Å². The van der Waals surface area contributed by atoms with Gasteiger partial charge in [0.05, 0.1) is 0 Å². The molecule has 1 aromatic rings. The van der Waals surface area contributed by atoms with Crippen LogP contribution in [0.1, 0.15) is 30.1 Å². The number of benzene rings is 1. The number of carbonyl (C=O) groups is 1. The molecule has 6 heteroatoms. The van der Waals surface area contributed by atoms with E-state index >= 15 is 0 Å². The smallest absolute Gasteiger partial charge is 0.257 e. The summed E-state index contributed by atoms with van der Waals surface area (Å²) in [5.41, 5.74) is -0.535. The molecular weight excluding hydrogens is 332 g/mol. The predicted molar refractivity (Wildman–Crippen MR) is 74.5 cm³/mol. The molecule has 0 aliphatic carbocycles. The van der Waals surface area contributed by atoms with Crippen molar-refractivity contribution in [3.05, 3.63) is 33.8 Å². The summed E-state index contributed by atoms with van der Waals surface area (Å²) in [6.45, 7) is 3.17.